The van der Waals surface area contributed by atoms with Gasteiger partial charge in [-0.2, -0.15) is 0 Å². The molecule has 1 heteroatoms. The van der Waals surface area contributed by atoms with Crippen LogP contribution in [0.15, 0.2) is 11.8 Å². The van der Waals surface area contributed by atoms with E-state index in [4.69, 9.17) is 4.74 Å². The van der Waals surface area contributed by atoms with Crippen molar-refractivity contribution in [2.75, 3.05) is 7.11 Å². The highest BCUT2D eigenvalue weighted by Gasteiger charge is 1.99. The van der Waals surface area contributed by atoms with E-state index in [0.29, 0.717) is 0 Å². The molecule has 1 nitrogen and oxygen atoms in total. The molecule has 0 saturated carbocycles. The molecule has 0 atom stereocenters. The van der Waals surface area contributed by atoms with Gasteiger partial charge in [0.2, 0.25) is 0 Å². The van der Waals surface area contributed by atoms with Gasteiger partial charge in [-0.3, -0.25) is 0 Å². The van der Waals surface area contributed by atoms with E-state index in [9.17, 15) is 0 Å². The Hall–Kier alpha value is -0.460. The van der Waals surface area contributed by atoms with Gasteiger partial charge >= 0.3 is 0 Å². The fraction of sp³-hybridized carbons (Fsp3) is 0.833. The molecule has 0 aliphatic heterocycles. The second-order valence-corrected chi connectivity index (χ2v) is 3.89. The summed E-state index contributed by atoms with van der Waals surface area (Å²) in [5.74, 6) is 1.21. The Morgan fingerprint density at radius 2 is 1.54 bits per heavy atom. The highest BCUT2D eigenvalue weighted by molar-refractivity contribution is 4.92. The molecule has 13 heavy (non-hydrogen) atoms. The van der Waals surface area contributed by atoms with Crippen LogP contribution in [0.25, 0.3) is 0 Å². The van der Waals surface area contributed by atoms with Crippen LogP contribution in [0.1, 0.15) is 57.8 Å². The topological polar surface area (TPSA) is 9.23 Å². The van der Waals surface area contributed by atoms with Crippen LogP contribution in [0, 0.1) is 0 Å². The minimum atomic E-state index is 1.15. The van der Waals surface area contributed by atoms with Gasteiger partial charge in [-0.15, -0.1) is 0 Å². The standard InChI is InChI=1S/C12H22O/c1-13-12-10-8-6-4-2-3-5-7-9-11-12/h10H,2-9,11H2,1H3/b12-10+. The summed E-state index contributed by atoms with van der Waals surface area (Å²) < 4.78 is 5.32. The molecule has 0 saturated heterocycles. The summed E-state index contributed by atoms with van der Waals surface area (Å²) >= 11 is 0. The highest BCUT2D eigenvalue weighted by Crippen LogP contribution is 2.16. The van der Waals surface area contributed by atoms with Gasteiger partial charge in [0.15, 0.2) is 0 Å². The molecule has 0 spiro atoms. The van der Waals surface area contributed by atoms with E-state index in [1.165, 1.54) is 57.1 Å². The predicted molar refractivity (Wildman–Crippen MR) is 56.6 cm³/mol. The van der Waals surface area contributed by atoms with Gasteiger partial charge in [0.1, 0.15) is 0 Å². The maximum absolute atomic E-state index is 5.32. The molecule has 0 N–H and O–H groups in total. The number of rotatable bonds is 1. The van der Waals surface area contributed by atoms with Crippen molar-refractivity contribution in [2.24, 2.45) is 0 Å². The van der Waals surface area contributed by atoms with Gasteiger partial charge in [-0.1, -0.05) is 32.1 Å². The molecule has 1 aliphatic carbocycles. The lowest BCUT2D eigenvalue weighted by Gasteiger charge is -2.04. The van der Waals surface area contributed by atoms with Crippen molar-refractivity contribution < 1.29 is 4.74 Å². The van der Waals surface area contributed by atoms with E-state index in [-0.39, 0.29) is 0 Å². The van der Waals surface area contributed by atoms with E-state index in [2.05, 4.69) is 6.08 Å². The Morgan fingerprint density at radius 3 is 2.23 bits per heavy atom. The minimum absolute atomic E-state index is 1.15. The summed E-state index contributed by atoms with van der Waals surface area (Å²) in [4.78, 5) is 0. The zero-order chi connectivity index (χ0) is 9.36. The Balaban J connectivity index is 2.31. The van der Waals surface area contributed by atoms with Crippen LogP contribution in [-0.2, 0) is 4.74 Å². The fourth-order valence-corrected chi connectivity index (χ4v) is 1.88. The second-order valence-electron chi connectivity index (χ2n) is 3.89. The molecular weight excluding hydrogens is 160 g/mol. The van der Waals surface area contributed by atoms with Crippen molar-refractivity contribution in [1.82, 2.24) is 0 Å². The first kappa shape index (κ1) is 10.6. The average molecular weight is 182 g/mol. The van der Waals surface area contributed by atoms with E-state index >= 15 is 0 Å². The Bertz CT molecular complexity index is 149. The minimum Gasteiger partial charge on any atom is -0.501 e. The summed E-state index contributed by atoms with van der Waals surface area (Å²) in [7, 11) is 1.80. The number of hydrogen-bond donors (Lipinski definition) is 0. The molecule has 1 aliphatic rings. The highest BCUT2D eigenvalue weighted by atomic mass is 16.5. The number of allylic oxidation sites excluding steroid dienone is 2. The van der Waals surface area contributed by atoms with Crippen LogP contribution < -0.4 is 0 Å². The largest absolute Gasteiger partial charge is 0.501 e. The van der Waals surface area contributed by atoms with Crippen molar-refractivity contribution in [3.05, 3.63) is 11.8 Å². The number of methoxy groups -OCH3 is 1. The van der Waals surface area contributed by atoms with Gasteiger partial charge in [-0.25, -0.2) is 0 Å². The van der Waals surface area contributed by atoms with Crippen LogP contribution in [0.5, 0.6) is 0 Å². The summed E-state index contributed by atoms with van der Waals surface area (Å²) in [5.41, 5.74) is 0. The zero-order valence-corrected chi connectivity index (χ0v) is 8.85. The molecule has 0 aromatic heterocycles. The van der Waals surface area contributed by atoms with E-state index in [0.717, 1.165) is 6.42 Å². The van der Waals surface area contributed by atoms with Crippen LogP contribution in [0.3, 0.4) is 0 Å². The monoisotopic (exact) mass is 182 g/mol. The number of hydrogen-bond acceptors (Lipinski definition) is 1. The third-order valence-corrected chi connectivity index (χ3v) is 2.76. The molecule has 0 unspecified atom stereocenters. The van der Waals surface area contributed by atoms with Crippen molar-refractivity contribution in [2.45, 2.75) is 57.8 Å². The second kappa shape index (κ2) is 6.99. The summed E-state index contributed by atoms with van der Waals surface area (Å²) in [6.45, 7) is 0. The third kappa shape index (κ3) is 4.97. The van der Waals surface area contributed by atoms with Gasteiger partial charge in [-0.05, 0) is 25.3 Å². The molecule has 0 bridgehead atoms. The molecular formula is C12H22O. The first-order chi connectivity index (χ1) is 6.43. The van der Waals surface area contributed by atoms with Crippen LogP contribution in [0.2, 0.25) is 0 Å². The van der Waals surface area contributed by atoms with Gasteiger partial charge < -0.3 is 4.74 Å². The van der Waals surface area contributed by atoms with Crippen molar-refractivity contribution in [3.63, 3.8) is 0 Å². The lowest BCUT2D eigenvalue weighted by Crippen LogP contribution is -1.87. The van der Waals surface area contributed by atoms with Crippen molar-refractivity contribution in [1.29, 1.82) is 0 Å². The molecule has 76 valence electrons. The fourth-order valence-electron chi connectivity index (χ4n) is 1.88. The zero-order valence-electron chi connectivity index (χ0n) is 8.85. The first-order valence-electron chi connectivity index (χ1n) is 5.66. The lowest BCUT2D eigenvalue weighted by molar-refractivity contribution is 0.272. The molecule has 0 aromatic carbocycles. The van der Waals surface area contributed by atoms with Gasteiger partial charge in [0.25, 0.3) is 0 Å². The van der Waals surface area contributed by atoms with E-state index in [1.54, 1.807) is 7.11 Å². The van der Waals surface area contributed by atoms with Crippen molar-refractivity contribution >= 4 is 0 Å². The SMILES string of the molecule is CO/C1=C/CCCCCCCCC1. The maximum atomic E-state index is 5.32. The summed E-state index contributed by atoms with van der Waals surface area (Å²) in [5, 5.41) is 0. The Morgan fingerprint density at radius 1 is 0.923 bits per heavy atom. The van der Waals surface area contributed by atoms with E-state index < -0.39 is 0 Å². The molecule has 0 heterocycles. The number of ether oxygens (including phenoxy) is 1. The average Bonchev–Trinajstić information content (AvgIpc) is 2.22. The Kier molecular flexibility index (Phi) is 5.71. The molecule has 1 rings (SSSR count). The predicted octanol–water partition coefficient (Wildman–Crippen LogP) is 4.04. The maximum Gasteiger partial charge on any atom is 0.0915 e. The smallest absolute Gasteiger partial charge is 0.0915 e. The third-order valence-electron chi connectivity index (χ3n) is 2.76. The quantitative estimate of drug-likeness (QED) is 0.594. The normalized spacial score (nSPS) is 25.5. The molecule has 0 radical (unpaired) electrons. The first-order valence-corrected chi connectivity index (χ1v) is 5.66. The van der Waals surface area contributed by atoms with Crippen LogP contribution >= 0.6 is 0 Å². The van der Waals surface area contributed by atoms with Gasteiger partial charge in [0.05, 0.1) is 12.9 Å². The van der Waals surface area contributed by atoms with Crippen LogP contribution in [-0.4, -0.2) is 7.11 Å². The summed E-state index contributed by atoms with van der Waals surface area (Å²) in [6.07, 6.45) is 14.3. The Labute approximate surface area is 82.2 Å². The van der Waals surface area contributed by atoms with Crippen LogP contribution in [0.4, 0.5) is 0 Å². The lowest BCUT2D eigenvalue weighted by atomic mass is 10.1. The summed E-state index contributed by atoms with van der Waals surface area (Å²) in [6, 6.07) is 0. The molecule has 0 fully saturated rings. The molecule has 0 amide bonds. The molecule has 0 aromatic rings. The van der Waals surface area contributed by atoms with Gasteiger partial charge in [0, 0.05) is 6.42 Å². The van der Waals surface area contributed by atoms with Crippen molar-refractivity contribution in [3.8, 4) is 0 Å². The van der Waals surface area contributed by atoms with E-state index in [1.807, 2.05) is 0 Å².